The van der Waals surface area contributed by atoms with E-state index in [0.29, 0.717) is 42.3 Å². The van der Waals surface area contributed by atoms with Gasteiger partial charge in [-0.2, -0.15) is 0 Å². The number of methoxy groups -OCH3 is 3. The fourth-order valence-electron chi connectivity index (χ4n) is 5.62. The molecule has 3 aromatic carbocycles. The summed E-state index contributed by atoms with van der Waals surface area (Å²) in [5, 5.41) is 0. The maximum absolute atomic E-state index is 6.25. The lowest BCUT2D eigenvalue weighted by molar-refractivity contribution is 0.215. The van der Waals surface area contributed by atoms with Crippen LogP contribution < -0.4 is 23.7 Å². The van der Waals surface area contributed by atoms with Gasteiger partial charge < -0.3 is 23.7 Å². The first-order chi connectivity index (χ1) is 23.0. The van der Waals surface area contributed by atoms with Crippen molar-refractivity contribution in [2.75, 3.05) is 34.5 Å². The second kappa shape index (κ2) is 20.4. The second-order valence-corrected chi connectivity index (χ2v) is 11.9. The zero-order valence-electron chi connectivity index (χ0n) is 30.2. The number of hydrogen-bond acceptors (Lipinski definition) is 5. The largest absolute Gasteiger partial charge is 0.493 e. The van der Waals surface area contributed by atoms with Crippen molar-refractivity contribution in [2.24, 2.45) is 5.92 Å². The van der Waals surface area contributed by atoms with Gasteiger partial charge in [-0.1, -0.05) is 109 Å². The van der Waals surface area contributed by atoms with Crippen LogP contribution in [0.5, 0.6) is 28.7 Å². The van der Waals surface area contributed by atoms with Gasteiger partial charge >= 0.3 is 0 Å². The highest BCUT2D eigenvalue weighted by atomic mass is 16.5. The zero-order chi connectivity index (χ0) is 34.0. The molecule has 3 aromatic rings. The van der Waals surface area contributed by atoms with E-state index in [1.54, 1.807) is 21.3 Å². The summed E-state index contributed by atoms with van der Waals surface area (Å²) in [4.78, 5) is 0. The topological polar surface area (TPSA) is 46.2 Å². The molecule has 1 aliphatic carbocycles. The van der Waals surface area contributed by atoms with E-state index in [4.69, 9.17) is 23.7 Å². The molecular formula is C42H58O5. The van der Waals surface area contributed by atoms with Gasteiger partial charge in [0.2, 0.25) is 5.75 Å². The highest BCUT2D eigenvalue weighted by molar-refractivity contribution is 5.75. The van der Waals surface area contributed by atoms with E-state index in [1.165, 1.54) is 44.1 Å². The molecule has 0 saturated heterocycles. The number of hydrogen-bond donors (Lipinski definition) is 0. The smallest absolute Gasteiger partial charge is 0.203 e. The van der Waals surface area contributed by atoms with Crippen LogP contribution in [-0.4, -0.2) is 34.5 Å². The molecule has 47 heavy (non-hydrogen) atoms. The van der Waals surface area contributed by atoms with E-state index in [0.717, 1.165) is 46.6 Å². The van der Waals surface area contributed by atoms with Crippen molar-refractivity contribution in [1.29, 1.82) is 0 Å². The molecular weight excluding hydrogens is 584 g/mol. The summed E-state index contributed by atoms with van der Waals surface area (Å²) < 4.78 is 29.6. The minimum absolute atomic E-state index is 0.523. The van der Waals surface area contributed by atoms with Crippen molar-refractivity contribution in [3.8, 4) is 28.7 Å². The van der Waals surface area contributed by atoms with E-state index < -0.39 is 0 Å². The lowest BCUT2D eigenvalue weighted by atomic mass is 9.79. The van der Waals surface area contributed by atoms with Crippen LogP contribution in [0.1, 0.15) is 120 Å². The summed E-state index contributed by atoms with van der Waals surface area (Å²) in [6.07, 6.45) is 17.9. The summed E-state index contributed by atoms with van der Waals surface area (Å²) >= 11 is 0. The number of benzene rings is 3. The fraction of sp³-hybridized carbons (Fsp3) is 0.476. The van der Waals surface area contributed by atoms with Crippen molar-refractivity contribution in [1.82, 2.24) is 0 Å². The quantitative estimate of drug-likeness (QED) is 0.129. The third-order valence-electron chi connectivity index (χ3n) is 8.68. The highest BCUT2D eigenvalue weighted by Crippen LogP contribution is 2.45. The molecule has 5 nitrogen and oxygen atoms in total. The van der Waals surface area contributed by atoms with Gasteiger partial charge in [-0.15, -0.1) is 0 Å². The van der Waals surface area contributed by atoms with Crippen LogP contribution in [0.25, 0.3) is 24.3 Å². The van der Waals surface area contributed by atoms with E-state index >= 15 is 0 Å². The van der Waals surface area contributed by atoms with Crippen molar-refractivity contribution < 1.29 is 23.7 Å². The lowest BCUT2D eigenvalue weighted by Gasteiger charge is -2.29. The standard InChI is InChI=1S/C40H52O5.C2H6/c1-7-10-12-29(9-3)28-45-40-37(42-5)26-33(27-38(40)43-6)22-20-31-17-15-30(16-18-31)19-21-32-24-35(34-13-11-14-34)39(44-23-8-2)36(25-32)41-4;1-2/h15-22,24-27,29,34H,7-14,23,28H2,1-6H3;1-2H3/b21-19+,22-20+;. The van der Waals surface area contributed by atoms with Crippen LogP contribution in [0.4, 0.5) is 0 Å². The maximum atomic E-state index is 6.25. The Morgan fingerprint density at radius 3 is 1.62 bits per heavy atom. The Bertz CT molecular complexity index is 1380. The van der Waals surface area contributed by atoms with E-state index in [1.807, 2.05) is 26.0 Å². The van der Waals surface area contributed by atoms with Crippen LogP contribution in [0.3, 0.4) is 0 Å². The molecule has 256 valence electrons. The van der Waals surface area contributed by atoms with Gasteiger partial charge in [-0.05, 0) is 84.0 Å². The molecule has 0 bridgehead atoms. The van der Waals surface area contributed by atoms with Crippen LogP contribution >= 0.6 is 0 Å². The molecule has 0 radical (unpaired) electrons. The summed E-state index contributed by atoms with van der Waals surface area (Å²) in [5.74, 6) is 4.85. The van der Waals surface area contributed by atoms with Gasteiger partial charge in [-0.3, -0.25) is 0 Å². The Kier molecular flexibility index (Phi) is 16.3. The minimum atomic E-state index is 0.523. The molecule has 5 heteroatoms. The van der Waals surface area contributed by atoms with Crippen molar-refractivity contribution in [3.05, 3.63) is 76.3 Å². The average Bonchev–Trinajstić information content (AvgIpc) is 3.09. The SMILES string of the molecule is CC.CCCCC(CC)COc1c(OC)cc(/C=C/c2ccc(/C=C/c3cc(OC)c(OCCC)c(C4CCC4)c3)cc2)cc1OC. The Labute approximate surface area is 284 Å². The summed E-state index contributed by atoms with van der Waals surface area (Å²) in [6.45, 7) is 11.9. The zero-order valence-corrected chi connectivity index (χ0v) is 30.2. The Morgan fingerprint density at radius 1 is 0.660 bits per heavy atom. The molecule has 1 saturated carbocycles. The van der Waals surface area contributed by atoms with E-state index in [-0.39, 0.29) is 0 Å². The fourth-order valence-corrected chi connectivity index (χ4v) is 5.62. The molecule has 0 aromatic heterocycles. The molecule has 0 heterocycles. The molecule has 0 aliphatic heterocycles. The minimum Gasteiger partial charge on any atom is -0.493 e. The van der Waals surface area contributed by atoms with Gasteiger partial charge in [-0.25, -0.2) is 0 Å². The van der Waals surface area contributed by atoms with Gasteiger partial charge in [0.05, 0.1) is 34.5 Å². The molecule has 0 spiro atoms. The first kappa shape index (κ1) is 37.6. The lowest BCUT2D eigenvalue weighted by Crippen LogP contribution is -2.12. The molecule has 1 aliphatic rings. The van der Waals surface area contributed by atoms with Crippen molar-refractivity contribution >= 4 is 24.3 Å². The van der Waals surface area contributed by atoms with Crippen molar-refractivity contribution in [3.63, 3.8) is 0 Å². The first-order valence-electron chi connectivity index (χ1n) is 17.7. The Morgan fingerprint density at radius 2 is 1.17 bits per heavy atom. The van der Waals surface area contributed by atoms with Crippen LogP contribution in [0.2, 0.25) is 0 Å². The monoisotopic (exact) mass is 642 g/mol. The molecule has 0 amide bonds. The molecule has 0 N–H and O–H groups in total. The predicted octanol–water partition coefficient (Wildman–Crippen LogP) is 11.7. The number of ether oxygens (including phenoxy) is 5. The maximum Gasteiger partial charge on any atom is 0.203 e. The van der Waals surface area contributed by atoms with Gasteiger partial charge in [0.15, 0.2) is 23.0 Å². The summed E-state index contributed by atoms with van der Waals surface area (Å²) in [6, 6.07) is 16.9. The van der Waals surface area contributed by atoms with Crippen molar-refractivity contribution in [2.45, 2.75) is 91.9 Å². The summed E-state index contributed by atoms with van der Waals surface area (Å²) in [7, 11) is 5.08. The second-order valence-electron chi connectivity index (χ2n) is 11.9. The average molecular weight is 643 g/mol. The highest BCUT2D eigenvalue weighted by Gasteiger charge is 2.25. The van der Waals surface area contributed by atoms with Gasteiger partial charge in [0.1, 0.15) is 0 Å². The van der Waals surface area contributed by atoms with Crippen LogP contribution in [0, 0.1) is 5.92 Å². The predicted molar refractivity (Wildman–Crippen MR) is 199 cm³/mol. The van der Waals surface area contributed by atoms with E-state index in [2.05, 4.69) is 81.5 Å². The molecule has 4 rings (SSSR count). The van der Waals surface area contributed by atoms with Crippen LogP contribution in [0.15, 0.2) is 48.5 Å². The van der Waals surface area contributed by atoms with Gasteiger partial charge in [0, 0.05) is 5.56 Å². The molecule has 1 atom stereocenters. The number of rotatable bonds is 18. The Balaban J connectivity index is 0.00000294. The van der Waals surface area contributed by atoms with Gasteiger partial charge in [0.25, 0.3) is 0 Å². The van der Waals surface area contributed by atoms with E-state index in [9.17, 15) is 0 Å². The Hall–Kier alpha value is -3.86. The number of unbranched alkanes of at least 4 members (excludes halogenated alkanes) is 1. The molecule has 1 fully saturated rings. The summed E-state index contributed by atoms with van der Waals surface area (Å²) in [5.41, 5.74) is 5.64. The normalized spacial score (nSPS) is 13.5. The van der Waals surface area contributed by atoms with Crippen LogP contribution in [-0.2, 0) is 0 Å². The third kappa shape index (κ3) is 10.8. The molecule has 1 unspecified atom stereocenters. The first-order valence-corrected chi connectivity index (χ1v) is 17.7. The third-order valence-corrected chi connectivity index (χ3v) is 8.68.